The lowest BCUT2D eigenvalue weighted by molar-refractivity contribution is -0.116. The van der Waals surface area contributed by atoms with Gasteiger partial charge < -0.3 is 5.32 Å². The zero-order valence-corrected chi connectivity index (χ0v) is 16.9. The number of anilines is 1. The molecule has 28 heavy (non-hydrogen) atoms. The second kappa shape index (κ2) is 8.38. The van der Waals surface area contributed by atoms with Crippen molar-refractivity contribution in [3.63, 3.8) is 0 Å². The van der Waals surface area contributed by atoms with E-state index in [0.717, 1.165) is 16.8 Å². The van der Waals surface area contributed by atoms with E-state index in [9.17, 15) is 9.59 Å². The van der Waals surface area contributed by atoms with Crippen LogP contribution in [-0.2, 0) is 11.3 Å². The first-order valence-electron chi connectivity index (χ1n) is 9.75. The van der Waals surface area contributed by atoms with Crippen LogP contribution in [0.1, 0.15) is 57.1 Å². The Bertz CT molecular complexity index is 1020. The first-order chi connectivity index (χ1) is 13.4. The molecular formula is C23H27N3O2. The van der Waals surface area contributed by atoms with Crippen molar-refractivity contribution in [3.05, 3.63) is 70.3 Å². The van der Waals surface area contributed by atoms with Gasteiger partial charge in [-0.1, -0.05) is 58.0 Å². The van der Waals surface area contributed by atoms with Crippen molar-refractivity contribution in [1.82, 2.24) is 9.55 Å². The summed E-state index contributed by atoms with van der Waals surface area (Å²) in [6.07, 6.45) is 1.73. The van der Waals surface area contributed by atoms with Crippen molar-refractivity contribution in [3.8, 4) is 0 Å². The molecule has 5 nitrogen and oxygen atoms in total. The molecule has 0 aliphatic heterocycles. The van der Waals surface area contributed by atoms with Gasteiger partial charge >= 0.3 is 0 Å². The van der Waals surface area contributed by atoms with Gasteiger partial charge in [-0.05, 0) is 35.1 Å². The van der Waals surface area contributed by atoms with Crippen molar-refractivity contribution in [2.45, 2.75) is 52.5 Å². The fourth-order valence-electron chi connectivity index (χ4n) is 3.38. The van der Waals surface area contributed by atoms with E-state index in [1.165, 1.54) is 10.9 Å². The van der Waals surface area contributed by atoms with E-state index in [1.54, 1.807) is 6.07 Å². The first kappa shape index (κ1) is 19.8. The molecule has 1 aromatic heterocycles. The molecule has 1 heterocycles. The average Bonchev–Trinajstić information content (AvgIpc) is 2.67. The standard InChI is InChI=1S/C23H27N3O2/c1-15(2)17-9-7-10-18(16(3)4)22(17)25-21(27)12-13-26-14-24-20-11-6-5-8-19(20)23(26)28/h5-11,14-16H,12-13H2,1-4H3,(H,25,27). The molecule has 1 amide bonds. The summed E-state index contributed by atoms with van der Waals surface area (Å²) in [5.41, 5.74) is 3.71. The van der Waals surface area contributed by atoms with Crippen LogP contribution in [0.4, 0.5) is 5.69 Å². The van der Waals surface area contributed by atoms with Gasteiger partial charge in [0, 0.05) is 18.7 Å². The Morgan fingerprint density at radius 1 is 1.00 bits per heavy atom. The molecule has 0 fully saturated rings. The summed E-state index contributed by atoms with van der Waals surface area (Å²) in [5.74, 6) is 0.512. The number of fused-ring (bicyclic) bond motifs is 1. The molecule has 3 aromatic rings. The molecule has 0 atom stereocenters. The van der Waals surface area contributed by atoms with Crippen molar-refractivity contribution < 1.29 is 4.79 Å². The minimum Gasteiger partial charge on any atom is -0.326 e. The summed E-state index contributed by atoms with van der Waals surface area (Å²) in [4.78, 5) is 29.6. The van der Waals surface area contributed by atoms with Crippen LogP contribution in [-0.4, -0.2) is 15.5 Å². The van der Waals surface area contributed by atoms with E-state index < -0.39 is 0 Å². The molecule has 5 heteroatoms. The Kier molecular flexibility index (Phi) is 5.93. The molecule has 0 aliphatic carbocycles. The lowest BCUT2D eigenvalue weighted by Crippen LogP contribution is -2.24. The van der Waals surface area contributed by atoms with Crippen LogP contribution in [0, 0.1) is 0 Å². The third-order valence-corrected chi connectivity index (χ3v) is 4.95. The highest BCUT2D eigenvalue weighted by molar-refractivity contribution is 5.92. The van der Waals surface area contributed by atoms with Gasteiger partial charge in [0.2, 0.25) is 5.91 Å². The van der Waals surface area contributed by atoms with Gasteiger partial charge in [0.15, 0.2) is 0 Å². The third-order valence-electron chi connectivity index (χ3n) is 4.95. The van der Waals surface area contributed by atoms with Crippen LogP contribution in [0.3, 0.4) is 0 Å². The van der Waals surface area contributed by atoms with Crippen molar-refractivity contribution >= 4 is 22.5 Å². The lowest BCUT2D eigenvalue weighted by Gasteiger charge is -2.20. The number of hydrogen-bond acceptors (Lipinski definition) is 3. The number of aromatic nitrogens is 2. The van der Waals surface area contributed by atoms with Crippen molar-refractivity contribution in [2.24, 2.45) is 0 Å². The van der Waals surface area contributed by atoms with Gasteiger partial charge in [-0.25, -0.2) is 4.98 Å². The predicted octanol–water partition coefficient (Wildman–Crippen LogP) is 4.67. The molecule has 0 radical (unpaired) electrons. The molecule has 2 aromatic carbocycles. The summed E-state index contributed by atoms with van der Waals surface area (Å²) >= 11 is 0. The number of nitrogens with one attached hydrogen (secondary N) is 1. The molecule has 0 aliphatic rings. The Hall–Kier alpha value is -2.95. The van der Waals surface area contributed by atoms with Gasteiger partial charge in [-0.15, -0.1) is 0 Å². The largest absolute Gasteiger partial charge is 0.326 e. The average molecular weight is 377 g/mol. The number of hydrogen-bond donors (Lipinski definition) is 1. The molecule has 146 valence electrons. The highest BCUT2D eigenvalue weighted by Gasteiger charge is 2.16. The van der Waals surface area contributed by atoms with Crippen molar-refractivity contribution in [1.29, 1.82) is 0 Å². The zero-order valence-electron chi connectivity index (χ0n) is 16.9. The fraction of sp³-hybridized carbons (Fsp3) is 0.348. The van der Waals surface area contributed by atoms with Crippen LogP contribution in [0.15, 0.2) is 53.6 Å². The molecule has 1 N–H and O–H groups in total. The van der Waals surface area contributed by atoms with Crippen LogP contribution >= 0.6 is 0 Å². The van der Waals surface area contributed by atoms with E-state index in [4.69, 9.17) is 0 Å². The number of carbonyl (C=O) groups is 1. The van der Waals surface area contributed by atoms with E-state index in [0.29, 0.717) is 29.3 Å². The molecule has 0 saturated carbocycles. The third kappa shape index (κ3) is 4.14. The van der Waals surface area contributed by atoms with Crippen LogP contribution in [0.5, 0.6) is 0 Å². The maximum Gasteiger partial charge on any atom is 0.261 e. The molecule has 0 unspecified atom stereocenters. The Balaban J connectivity index is 1.79. The second-order valence-electron chi connectivity index (χ2n) is 7.68. The maximum absolute atomic E-state index is 12.7. The molecule has 0 spiro atoms. The summed E-state index contributed by atoms with van der Waals surface area (Å²) in [6, 6.07) is 13.4. The molecule has 3 rings (SSSR count). The van der Waals surface area contributed by atoms with Crippen LogP contribution in [0.25, 0.3) is 10.9 Å². The summed E-state index contributed by atoms with van der Waals surface area (Å²) in [5, 5.41) is 3.66. The van der Waals surface area contributed by atoms with E-state index in [-0.39, 0.29) is 17.9 Å². The quantitative estimate of drug-likeness (QED) is 0.679. The van der Waals surface area contributed by atoms with Crippen LogP contribution < -0.4 is 10.9 Å². The number of nitrogens with zero attached hydrogens (tertiary/aromatic N) is 2. The first-order valence-corrected chi connectivity index (χ1v) is 9.75. The lowest BCUT2D eigenvalue weighted by atomic mass is 9.92. The highest BCUT2D eigenvalue weighted by Crippen LogP contribution is 2.32. The monoisotopic (exact) mass is 377 g/mol. The van der Waals surface area contributed by atoms with Crippen LogP contribution in [0.2, 0.25) is 0 Å². The maximum atomic E-state index is 12.7. The van der Waals surface area contributed by atoms with Gasteiger partial charge in [0.05, 0.1) is 17.2 Å². The minimum atomic E-state index is -0.121. The summed E-state index contributed by atoms with van der Waals surface area (Å²) in [6.45, 7) is 8.78. The SMILES string of the molecule is CC(C)c1cccc(C(C)C)c1NC(=O)CCn1cnc2ccccc2c1=O. The number of benzene rings is 2. The van der Waals surface area contributed by atoms with Gasteiger partial charge in [0.25, 0.3) is 5.56 Å². The predicted molar refractivity (Wildman–Crippen MR) is 114 cm³/mol. The highest BCUT2D eigenvalue weighted by atomic mass is 16.2. The van der Waals surface area contributed by atoms with E-state index in [2.05, 4.69) is 50.1 Å². The summed E-state index contributed by atoms with van der Waals surface area (Å²) < 4.78 is 1.50. The number of carbonyl (C=O) groups excluding carboxylic acids is 1. The normalized spacial score (nSPS) is 11.4. The van der Waals surface area contributed by atoms with Gasteiger partial charge in [0.1, 0.15) is 0 Å². The Labute approximate surface area is 165 Å². The molecule has 0 bridgehead atoms. The zero-order chi connectivity index (χ0) is 20.3. The Morgan fingerprint density at radius 3 is 2.29 bits per heavy atom. The number of rotatable bonds is 6. The summed E-state index contributed by atoms with van der Waals surface area (Å²) in [7, 11) is 0. The fourth-order valence-corrected chi connectivity index (χ4v) is 3.38. The van der Waals surface area contributed by atoms with Gasteiger partial charge in [-0.2, -0.15) is 0 Å². The smallest absolute Gasteiger partial charge is 0.261 e. The molecule has 0 saturated heterocycles. The second-order valence-corrected chi connectivity index (χ2v) is 7.68. The van der Waals surface area contributed by atoms with E-state index in [1.807, 2.05) is 24.3 Å². The molecular weight excluding hydrogens is 350 g/mol. The van der Waals surface area contributed by atoms with Gasteiger partial charge in [-0.3, -0.25) is 14.2 Å². The minimum absolute atomic E-state index is 0.102. The van der Waals surface area contributed by atoms with E-state index >= 15 is 0 Å². The topological polar surface area (TPSA) is 64.0 Å². The number of aryl methyl sites for hydroxylation is 1. The number of para-hydroxylation sites is 2. The van der Waals surface area contributed by atoms with Crippen molar-refractivity contribution in [2.75, 3.05) is 5.32 Å². The number of amides is 1. The Morgan fingerprint density at radius 2 is 1.64 bits per heavy atom.